The number of nitrogen functional groups attached to an aromatic ring is 1. The molecule has 2 aromatic heterocycles. The Morgan fingerprint density at radius 2 is 1.76 bits per heavy atom. The van der Waals surface area contributed by atoms with Gasteiger partial charge in [0.25, 0.3) is 0 Å². The summed E-state index contributed by atoms with van der Waals surface area (Å²) in [6.07, 6.45) is 4.49. The quantitative estimate of drug-likeness (QED) is 0.366. The molecular formula is C26H24N6O2. The molecule has 0 spiro atoms. The molecule has 0 bridgehead atoms. The average Bonchev–Trinajstić information content (AvgIpc) is 3.29. The topological polar surface area (TPSA) is 107 Å². The summed E-state index contributed by atoms with van der Waals surface area (Å²) < 4.78 is 1.86. The molecule has 8 nitrogen and oxygen atoms in total. The van der Waals surface area contributed by atoms with Crippen molar-refractivity contribution in [3.63, 3.8) is 0 Å². The fourth-order valence-corrected chi connectivity index (χ4v) is 4.47. The molecule has 34 heavy (non-hydrogen) atoms. The lowest BCUT2D eigenvalue weighted by Gasteiger charge is -2.32. The molecule has 2 N–H and O–H groups in total. The highest BCUT2D eigenvalue weighted by atomic mass is 16.2. The van der Waals surface area contributed by atoms with Crippen molar-refractivity contribution in [3.05, 3.63) is 84.7 Å². The second kappa shape index (κ2) is 8.90. The molecule has 1 aliphatic heterocycles. The number of nitrogens with zero attached hydrogens (tertiary/aromatic N) is 5. The van der Waals surface area contributed by atoms with Crippen LogP contribution in [0.5, 0.6) is 0 Å². The van der Waals surface area contributed by atoms with Crippen molar-refractivity contribution in [3.8, 4) is 11.3 Å². The third-order valence-corrected chi connectivity index (χ3v) is 6.20. The van der Waals surface area contributed by atoms with E-state index < -0.39 is 0 Å². The molecule has 1 amide bonds. The van der Waals surface area contributed by atoms with Crippen LogP contribution in [0.25, 0.3) is 22.3 Å². The van der Waals surface area contributed by atoms with Crippen molar-refractivity contribution in [2.45, 2.75) is 18.9 Å². The normalized spacial score (nSPS) is 15.9. The van der Waals surface area contributed by atoms with Crippen LogP contribution in [0.3, 0.4) is 0 Å². The number of ketones is 1. The van der Waals surface area contributed by atoms with Gasteiger partial charge in [0, 0.05) is 29.8 Å². The third-order valence-electron chi connectivity index (χ3n) is 6.20. The largest absolute Gasteiger partial charge is 0.383 e. The molecule has 0 unspecified atom stereocenters. The van der Waals surface area contributed by atoms with Crippen molar-refractivity contribution < 1.29 is 9.59 Å². The molecule has 1 aliphatic rings. The Kier molecular flexibility index (Phi) is 5.63. The predicted octanol–water partition coefficient (Wildman–Crippen LogP) is 3.66. The number of fused-ring (bicyclic) bond motifs is 1. The van der Waals surface area contributed by atoms with Gasteiger partial charge in [0.1, 0.15) is 17.8 Å². The van der Waals surface area contributed by atoms with Crippen molar-refractivity contribution in [2.24, 2.45) is 0 Å². The summed E-state index contributed by atoms with van der Waals surface area (Å²) in [5.41, 5.74) is 9.57. The van der Waals surface area contributed by atoms with Crippen LogP contribution < -0.4 is 5.73 Å². The first-order valence-corrected chi connectivity index (χ1v) is 11.2. The first-order valence-electron chi connectivity index (χ1n) is 11.2. The Hall–Kier alpha value is -4.33. The maximum atomic E-state index is 12.8. The molecule has 4 aromatic rings. The maximum absolute atomic E-state index is 12.8. The second-order valence-corrected chi connectivity index (χ2v) is 8.31. The number of piperidine rings is 1. The van der Waals surface area contributed by atoms with Gasteiger partial charge in [0.05, 0.1) is 11.4 Å². The monoisotopic (exact) mass is 452 g/mol. The van der Waals surface area contributed by atoms with Gasteiger partial charge in [-0.15, -0.1) is 0 Å². The molecule has 1 atom stereocenters. The lowest BCUT2D eigenvalue weighted by Crippen LogP contribution is -2.40. The standard InChI is InChI=1S/C26H24N6O2/c1-2-21(33)31-14-6-9-20(15-31)32-26-22(25(27)28-16-29-26)23(30-32)17-10-12-19(13-11-17)24(34)18-7-4-3-5-8-18/h2-5,7-8,10-13,16,20H,1,6,9,14-15H2,(H2,27,28,29)/t20-/m1/s1. The van der Waals surface area contributed by atoms with Crippen LogP contribution in [0.15, 0.2) is 73.6 Å². The Morgan fingerprint density at radius 1 is 1.03 bits per heavy atom. The molecule has 1 fully saturated rings. The number of benzene rings is 2. The summed E-state index contributed by atoms with van der Waals surface area (Å²) in [6, 6.07) is 16.4. The number of anilines is 1. The highest BCUT2D eigenvalue weighted by Gasteiger charge is 2.28. The van der Waals surface area contributed by atoms with E-state index in [2.05, 4.69) is 16.5 Å². The van der Waals surface area contributed by atoms with Gasteiger partial charge in [-0.25, -0.2) is 14.6 Å². The van der Waals surface area contributed by atoms with Gasteiger partial charge in [0.2, 0.25) is 5.91 Å². The van der Waals surface area contributed by atoms with Crippen LogP contribution in [0.4, 0.5) is 5.82 Å². The van der Waals surface area contributed by atoms with E-state index in [0.717, 1.165) is 18.4 Å². The number of likely N-dealkylation sites (tertiary alicyclic amines) is 1. The fourth-order valence-electron chi connectivity index (χ4n) is 4.47. The maximum Gasteiger partial charge on any atom is 0.246 e. The van der Waals surface area contributed by atoms with E-state index in [1.165, 1.54) is 12.4 Å². The minimum Gasteiger partial charge on any atom is -0.383 e. The number of hydrogen-bond donors (Lipinski definition) is 1. The van der Waals surface area contributed by atoms with Crippen LogP contribution in [0.2, 0.25) is 0 Å². The zero-order chi connectivity index (χ0) is 23.7. The third kappa shape index (κ3) is 3.83. The van der Waals surface area contributed by atoms with E-state index >= 15 is 0 Å². The molecule has 2 aromatic carbocycles. The van der Waals surface area contributed by atoms with Crippen LogP contribution >= 0.6 is 0 Å². The average molecular weight is 453 g/mol. The Balaban J connectivity index is 1.53. The number of carbonyl (C=O) groups is 2. The Labute approximate surface area is 196 Å². The molecule has 170 valence electrons. The molecular weight excluding hydrogens is 428 g/mol. The molecule has 1 saturated heterocycles. The SMILES string of the molecule is C=CC(=O)N1CCC[C@@H](n2nc(-c3ccc(C(=O)c4ccccc4)cc3)c3c(N)ncnc32)C1. The summed E-state index contributed by atoms with van der Waals surface area (Å²) in [5.74, 6) is 0.208. The van der Waals surface area contributed by atoms with Gasteiger partial charge in [0.15, 0.2) is 11.4 Å². The van der Waals surface area contributed by atoms with Crippen LogP contribution in [-0.4, -0.2) is 49.4 Å². The van der Waals surface area contributed by atoms with Gasteiger partial charge in [-0.1, -0.05) is 61.2 Å². The number of carbonyl (C=O) groups excluding carboxylic acids is 2. The smallest absolute Gasteiger partial charge is 0.246 e. The molecule has 5 rings (SSSR count). The zero-order valence-corrected chi connectivity index (χ0v) is 18.6. The highest BCUT2D eigenvalue weighted by Crippen LogP contribution is 2.34. The van der Waals surface area contributed by atoms with E-state index in [4.69, 9.17) is 10.8 Å². The summed E-state index contributed by atoms with van der Waals surface area (Å²) in [7, 11) is 0. The fraction of sp³-hybridized carbons (Fsp3) is 0.192. The first-order chi connectivity index (χ1) is 16.6. The van der Waals surface area contributed by atoms with Crippen LogP contribution in [0, 0.1) is 0 Å². The molecule has 0 radical (unpaired) electrons. The van der Waals surface area contributed by atoms with E-state index in [0.29, 0.717) is 46.8 Å². The van der Waals surface area contributed by atoms with Crippen molar-refractivity contribution in [1.29, 1.82) is 0 Å². The minimum absolute atomic E-state index is 0.0397. The van der Waals surface area contributed by atoms with Crippen LogP contribution in [-0.2, 0) is 4.79 Å². The number of nitrogens with two attached hydrogens (primary N) is 1. The molecule has 0 aliphatic carbocycles. The van der Waals surface area contributed by atoms with Crippen molar-refractivity contribution in [2.75, 3.05) is 18.8 Å². The van der Waals surface area contributed by atoms with E-state index in [1.807, 2.05) is 35.0 Å². The number of rotatable bonds is 5. The summed E-state index contributed by atoms with van der Waals surface area (Å²) >= 11 is 0. The van der Waals surface area contributed by atoms with Crippen molar-refractivity contribution >= 4 is 28.5 Å². The molecule has 8 heteroatoms. The van der Waals surface area contributed by atoms with Gasteiger partial charge >= 0.3 is 0 Å². The molecule has 3 heterocycles. The lowest BCUT2D eigenvalue weighted by molar-refractivity contribution is -0.127. The number of amides is 1. The molecule has 0 saturated carbocycles. The van der Waals surface area contributed by atoms with Gasteiger partial charge in [-0.05, 0) is 18.9 Å². The van der Waals surface area contributed by atoms with Crippen molar-refractivity contribution in [1.82, 2.24) is 24.6 Å². The van der Waals surface area contributed by atoms with Crippen LogP contribution in [0.1, 0.15) is 34.8 Å². The van der Waals surface area contributed by atoms with Gasteiger partial charge < -0.3 is 10.6 Å². The zero-order valence-electron chi connectivity index (χ0n) is 18.6. The predicted molar refractivity (Wildman–Crippen MR) is 130 cm³/mol. The summed E-state index contributed by atoms with van der Waals surface area (Å²) in [5, 5.41) is 5.55. The van der Waals surface area contributed by atoms with Gasteiger partial charge in [-0.2, -0.15) is 5.10 Å². The lowest BCUT2D eigenvalue weighted by atomic mass is 10.0. The van der Waals surface area contributed by atoms with E-state index in [1.54, 1.807) is 29.2 Å². The van der Waals surface area contributed by atoms with E-state index in [9.17, 15) is 9.59 Å². The Bertz CT molecular complexity index is 1380. The number of aromatic nitrogens is 4. The van der Waals surface area contributed by atoms with Gasteiger partial charge in [-0.3, -0.25) is 9.59 Å². The number of hydrogen-bond acceptors (Lipinski definition) is 6. The van der Waals surface area contributed by atoms with E-state index in [-0.39, 0.29) is 17.7 Å². The second-order valence-electron chi connectivity index (χ2n) is 8.31. The highest BCUT2D eigenvalue weighted by molar-refractivity contribution is 6.09. The summed E-state index contributed by atoms with van der Waals surface area (Å²) in [4.78, 5) is 35.4. The first kappa shape index (κ1) is 21.5. The minimum atomic E-state index is -0.0887. The Morgan fingerprint density at radius 3 is 2.50 bits per heavy atom. The summed E-state index contributed by atoms with van der Waals surface area (Å²) in [6.45, 7) is 4.82.